The van der Waals surface area contributed by atoms with Crippen LogP contribution in [0.15, 0.2) is 24.3 Å². The van der Waals surface area contributed by atoms with Gasteiger partial charge in [-0.05, 0) is 66.6 Å². The lowest BCUT2D eigenvalue weighted by Gasteiger charge is -2.36. The lowest BCUT2D eigenvalue weighted by Crippen LogP contribution is -2.35. The molecule has 2 nitrogen and oxygen atoms in total. The van der Waals surface area contributed by atoms with Crippen LogP contribution in [0.5, 0.6) is 0 Å². The number of hydrogen-bond donors (Lipinski definition) is 1. The van der Waals surface area contributed by atoms with E-state index in [4.69, 9.17) is 16.3 Å². The summed E-state index contributed by atoms with van der Waals surface area (Å²) in [7, 11) is 0. The average Bonchev–Trinajstić information content (AvgIpc) is 3.25. The Hall–Kier alpha value is -1.29. The number of thiophene rings is 1. The van der Waals surface area contributed by atoms with Crippen molar-refractivity contribution >= 4 is 33.8 Å². The molecule has 1 N–H and O–H groups in total. The maximum Gasteiger partial charge on any atom is 0.108 e. The number of nitrogens with one attached hydrogen (secondary N) is 1. The molecule has 26 heavy (non-hydrogen) atoms. The number of aromatic amines is 1. The first-order chi connectivity index (χ1) is 12.6. The lowest BCUT2D eigenvalue weighted by atomic mass is 9.85. The standard InChI is InChI=1S/C22H26ClNOS/c1-4-10-22(6-3)21-16(9-11-25-22)17-13-15(18-7-8-19(23)26-18)12-14(5-2)20(17)24-21/h7-8,12-13,24H,4-6,9-11H2,1-3H3. The molecule has 0 bridgehead atoms. The molecule has 0 radical (unpaired) electrons. The average molecular weight is 388 g/mol. The Bertz CT molecular complexity index is 941. The third kappa shape index (κ3) is 2.81. The van der Waals surface area contributed by atoms with Crippen molar-refractivity contribution < 1.29 is 4.74 Å². The first-order valence-electron chi connectivity index (χ1n) is 9.69. The molecule has 0 saturated carbocycles. The van der Waals surface area contributed by atoms with Crippen molar-refractivity contribution in [1.82, 2.24) is 4.98 Å². The number of fused-ring (bicyclic) bond motifs is 3. The van der Waals surface area contributed by atoms with E-state index in [1.54, 1.807) is 11.3 Å². The number of ether oxygens (including phenoxy) is 1. The second kappa shape index (κ2) is 7.03. The van der Waals surface area contributed by atoms with Gasteiger partial charge in [-0.25, -0.2) is 0 Å². The van der Waals surface area contributed by atoms with Crippen LogP contribution < -0.4 is 0 Å². The van der Waals surface area contributed by atoms with Crippen LogP contribution in [0.25, 0.3) is 21.3 Å². The predicted octanol–water partition coefficient (Wildman–Crippen LogP) is 7.09. The van der Waals surface area contributed by atoms with E-state index >= 15 is 0 Å². The first-order valence-corrected chi connectivity index (χ1v) is 10.9. The van der Waals surface area contributed by atoms with E-state index in [-0.39, 0.29) is 5.60 Å². The van der Waals surface area contributed by atoms with Gasteiger partial charge in [-0.15, -0.1) is 11.3 Å². The highest BCUT2D eigenvalue weighted by Gasteiger charge is 2.38. The number of aryl methyl sites for hydroxylation is 1. The van der Waals surface area contributed by atoms with Crippen LogP contribution in [0.3, 0.4) is 0 Å². The molecule has 138 valence electrons. The third-order valence-corrected chi connectivity index (χ3v) is 7.03. The molecule has 1 aliphatic rings. The molecule has 3 aromatic rings. The van der Waals surface area contributed by atoms with E-state index in [2.05, 4.69) is 44.0 Å². The summed E-state index contributed by atoms with van der Waals surface area (Å²) in [4.78, 5) is 5.04. The predicted molar refractivity (Wildman–Crippen MR) is 113 cm³/mol. The Kier molecular flexibility index (Phi) is 4.89. The molecule has 2 aromatic heterocycles. The molecular weight excluding hydrogens is 362 g/mol. The van der Waals surface area contributed by atoms with E-state index in [1.165, 1.54) is 38.2 Å². The van der Waals surface area contributed by atoms with E-state index in [0.29, 0.717) is 0 Å². The highest BCUT2D eigenvalue weighted by atomic mass is 35.5. The van der Waals surface area contributed by atoms with Gasteiger partial charge < -0.3 is 9.72 Å². The third-order valence-electron chi connectivity index (χ3n) is 5.75. The molecule has 3 heterocycles. The number of benzene rings is 1. The Morgan fingerprint density at radius 2 is 2.08 bits per heavy atom. The number of aromatic nitrogens is 1. The van der Waals surface area contributed by atoms with Gasteiger partial charge in [0.1, 0.15) is 5.60 Å². The minimum absolute atomic E-state index is 0.154. The van der Waals surface area contributed by atoms with Gasteiger partial charge in [-0.1, -0.05) is 38.8 Å². The zero-order valence-electron chi connectivity index (χ0n) is 15.7. The Morgan fingerprint density at radius 1 is 1.23 bits per heavy atom. The summed E-state index contributed by atoms with van der Waals surface area (Å²) in [5.41, 5.74) is 6.57. The van der Waals surface area contributed by atoms with Gasteiger partial charge in [-0.3, -0.25) is 0 Å². The van der Waals surface area contributed by atoms with Crippen molar-refractivity contribution in [1.29, 1.82) is 0 Å². The van der Waals surface area contributed by atoms with Crippen molar-refractivity contribution in [2.24, 2.45) is 0 Å². The van der Waals surface area contributed by atoms with Gasteiger partial charge in [0, 0.05) is 15.8 Å². The van der Waals surface area contributed by atoms with Gasteiger partial charge in [0.25, 0.3) is 0 Å². The highest BCUT2D eigenvalue weighted by Crippen LogP contribution is 2.44. The van der Waals surface area contributed by atoms with Crippen molar-refractivity contribution in [3.63, 3.8) is 0 Å². The second-order valence-corrected chi connectivity index (χ2v) is 8.91. The number of H-pyrrole nitrogens is 1. The van der Waals surface area contributed by atoms with Crippen LogP contribution in [0, 0.1) is 0 Å². The maximum atomic E-state index is 6.36. The van der Waals surface area contributed by atoms with Crippen LogP contribution in [-0.2, 0) is 23.2 Å². The monoisotopic (exact) mass is 387 g/mol. The van der Waals surface area contributed by atoms with Gasteiger partial charge in [0.05, 0.1) is 16.6 Å². The summed E-state index contributed by atoms with van der Waals surface area (Å²) in [6.07, 6.45) is 5.20. The van der Waals surface area contributed by atoms with Crippen LogP contribution in [0.2, 0.25) is 4.34 Å². The summed E-state index contributed by atoms with van der Waals surface area (Å²) < 4.78 is 7.20. The fraction of sp³-hybridized carbons (Fsp3) is 0.455. The minimum atomic E-state index is -0.154. The smallest absolute Gasteiger partial charge is 0.108 e. The van der Waals surface area contributed by atoms with Crippen molar-refractivity contribution in [2.45, 2.75) is 58.5 Å². The van der Waals surface area contributed by atoms with Gasteiger partial charge in [0.15, 0.2) is 0 Å². The summed E-state index contributed by atoms with van der Waals surface area (Å²) in [6, 6.07) is 8.79. The molecule has 0 spiro atoms. The van der Waals surface area contributed by atoms with Crippen molar-refractivity contribution in [3.8, 4) is 10.4 Å². The van der Waals surface area contributed by atoms with Crippen molar-refractivity contribution in [2.75, 3.05) is 6.61 Å². The van der Waals surface area contributed by atoms with Gasteiger partial charge in [0.2, 0.25) is 0 Å². The molecule has 0 saturated heterocycles. The first kappa shape index (κ1) is 18.1. The number of halogens is 1. The number of hydrogen-bond acceptors (Lipinski definition) is 2. The minimum Gasteiger partial charge on any atom is -0.368 e. The summed E-state index contributed by atoms with van der Waals surface area (Å²) in [5, 5.41) is 1.37. The number of rotatable bonds is 5. The van der Waals surface area contributed by atoms with E-state index in [9.17, 15) is 0 Å². The summed E-state index contributed by atoms with van der Waals surface area (Å²) in [6.45, 7) is 7.53. The molecule has 4 heteroatoms. The summed E-state index contributed by atoms with van der Waals surface area (Å²) >= 11 is 7.83. The highest BCUT2D eigenvalue weighted by molar-refractivity contribution is 7.19. The SMILES string of the molecule is CCCC1(CC)OCCc2c1[nH]c1c(CC)cc(-c3ccc(Cl)s3)cc21. The zero-order chi connectivity index (χ0) is 18.3. The Labute approximate surface area is 164 Å². The Morgan fingerprint density at radius 3 is 2.73 bits per heavy atom. The van der Waals surface area contributed by atoms with Gasteiger partial charge >= 0.3 is 0 Å². The molecule has 0 fully saturated rings. The molecule has 1 atom stereocenters. The topological polar surface area (TPSA) is 25.0 Å². The summed E-state index contributed by atoms with van der Waals surface area (Å²) in [5.74, 6) is 0. The molecule has 1 aromatic carbocycles. The van der Waals surface area contributed by atoms with Crippen LogP contribution in [0.4, 0.5) is 0 Å². The Balaban J connectivity index is 1.95. The van der Waals surface area contributed by atoms with E-state index in [1.807, 2.05) is 6.07 Å². The lowest BCUT2D eigenvalue weighted by molar-refractivity contribution is -0.0723. The maximum absolute atomic E-state index is 6.36. The van der Waals surface area contributed by atoms with Crippen molar-refractivity contribution in [3.05, 3.63) is 45.4 Å². The van der Waals surface area contributed by atoms with E-state index < -0.39 is 0 Å². The molecule has 0 aliphatic carbocycles. The molecular formula is C22H26ClNOS. The fourth-order valence-electron chi connectivity index (χ4n) is 4.44. The largest absolute Gasteiger partial charge is 0.368 e. The molecule has 4 rings (SSSR count). The van der Waals surface area contributed by atoms with E-state index in [0.717, 1.165) is 43.0 Å². The second-order valence-electron chi connectivity index (χ2n) is 7.19. The molecule has 0 amide bonds. The van der Waals surface area contributed by atoms with Crippen LogP contribution >= 0.6 is 22.9 Å². The fourth-order valence-corrected chi connectivity index (χ4v) is 5.47. The van der Waals surface area contributed by atoms with Crippen LogP contribution in [-0.4, -0.2) is 11.6 Å². The normalized spacial score (nSPS) is 19.8. The van der Waals surface area contributed by atoms with Gasteiger partial charge in [-0.2, -0.15) is 0 Å². The molecule has 1 aliphatic heterocycles. The van der Waals surface area contributed by atoms with Crippen LogP contribution in [0.1, 0.15) is 56.9 Å². The zero-order valence-corrected chi connectivity index (χ0v) is 17.3. The quantitative estimate of drug-likeness (QED) is 0.496. The molecule has 1 unspecified atom stereocenters.